The van der Waals surface area contributed by atoms with E-state index in [1.54, 1.807) is 0 Å². The van der Waals surface area contributed by atoms with Gasteiger partial charge in [-0.3, -0.25) is 0 Å². The Hall–Kier alpha value is -1.16. The first-order valence-corrected chi connectivity index (χ1v) is 7.05. The van der Waals surface area contributed by atoms with Gasteiger partial charge in [0.1, 0.15) is 10.8 Å². The highest BCUT2D eigenvalue weighted by Crippen LogP contribution is 2.24. The lowest BCUT2D eigenvalue weighted by atomic mass is 9.94. The number of fused-ring (bicyclic) bond motifs is 1. The number of rotatable bonds is 4. The summed E-state index contributed by atoms with van der Waals surface area (Å²) in [6, 6.07) is 2.13. The Morgan fingerprint density at radius 3 is 2.83 bits per heavy atom. The fourth-order valence-electron chi connectivity index (χ4n) is 2.26. The van der Waals surface area contributed by atoms with E-state index in [1.165, 1.54) is 24.1 Å². The molecule has 0 unspecified atom stereocenters. The predicted molar refractivity (Wildman–Crippen MR) is 80.1 cm³/mol. The number of nitrogens with zero attached hydrogens (tertiary/aromatic N) is 1. The van der Waals surface area contributed by atoms with Crippen molar-refractivity contribution in [2.75, 3.05) is 11.9 Å². The molecule has 18 heavy (non-hydrogen) atoms. The summed E-state index contributed by atoms with van der Waals surface area (Å²) >= 11 is 5.13. The standard InChI is InChI=1S/C14H21N3S/c1-9(2)8-16-14-11(13(15)18)7-10-5-3-4-6-12(10)17-14/h7,9H,3-6,8H2,1-2H3,(H2,15,18)(H,16,17). The largest absolute Gasteiger partial charge is 0.389 e. The van der Waals surface area contributed by atoms with Crippen LogP contribution in [0.1, 0.15) is 43.5 Å². The minimum absolute atomic E-state index is 0.433. The van der Waals surface area contributed by atoms with Crippen molar-refractivity contribution >= 4 is 23.0 Å². The molecule has 0 saturated heterocycles. The molecule has 1 aromatic rings. The van der Waals surface area contributed by atoms with E-state index in [1.807, 2.05) is 0 Å². The van der Waals surface area contributed by atoms with Crippen molar-refractivity contribution in [3.8, 4) is 0 Å². The minimum Gasteiger partial charge on any atom is -0.389 e. The summed E-state index contributed by atoms with van der Waals surface area (Å²) in [5, 5.41) is 3.37. The van der Waals surface area contributed by atoms with Crippen LogP contribution in [0.2, 0.25) is 0 Å². The van der Waals surface area contributed by atoms with Crippen molar-refractivity contribution in [1.29, 1.82) is 0 Å². The van der Waals surface area contributed by atoms with Gasteiger partial charge >= 0.3 is 0 Å². The number of anilines is 1. The number of nitrogens with two attached hydrogens (primary N) is 1. The van der Waals surface area contributed by atoms with Gasteiger partial charge in [0.15, 0.2) is 0 Å². The van der Waals surface area contributed by atoms with Crippen LogP contribution in [-0.2, 0) is 12.8 Å². The molecule has 1 heterocycles. The van der Waals surface area contributed by atoms with Crippen LogP contribution in [0.4, 0.5) is 5.82 Å². The monoisotopic (exact) mass is 263 g/mol. The Morgan fingerprint density at radius 1 is 1.44 bits per heavy atom. The topological polar surface area (TPSA) is 50.9 Å². The minimum atomic E-state index is 0.433. The molecule has 0 spiro atoms. The first kappa shape index (κ1) is 13.3. The number of aryl methyl sites for hydroxylation is 2. The number of thiocarbonyl (C=S) groups is 1. The van der Waals surface area contributed by atoms with E-state index in [2.05, 4.69) is 25.2 Å². The van der Waals surface area contributed by atoms with Crippen LogP contribution in [0.3, 0.4) is 0 Å². The average molecular weight is 263 g/mol. The van der Waals surface area contributed by atoms with Gasteiger partial charge in [0.2, 0.25) is 0 Å². The summed E-state index contributed by atoms with van der Waals surface area (Å²) in [6.45, 7) is 5.24. The lowest BCUT2D eigenvalue weighted by Gasteiger charge is -2.19. The molecule has 98 valence electrons. The summed E-state index contributed by atoms with van der Waals surface area (Å²) in [5.41, 5.74) is 9.23. The highest BCUT2D eigenvalue weighted by Gasteiger charge is 2.16. The second-order valence-electron chi connectivity index (χ2n) is 5.34. The summed E-state index contributed by atoms with van der Waals surface area (Å²) in [5.74, 6) is 1.43. The van der Waals surface area contributed by atoms with Gasteiger partial charge in [-0.2, -0.15) is 0 Å². The van der Waals surface area contributed by atoms with Crippen molar-refractivity contribution < 1.29 is 0 Å². The molecular weight excluding hydrogens is 242 g/mol. The third-order valence-corrected chi connectivity index (χ3v) is 3.46. The van der Waals surface area contributed by atoms with Gasteiger partial charge in [-0.05, 0) is 43.2 Å². The van der Waals surface area contributed by atoms with E-state index >= 15 is 0 Å². The van der Waals surface area contributed by atoms with Gasteiger partial charge in [0.25, 0.3) is 0 Å². The zero-order chi connectivity index (χ0) is 13.1. The van der Waals surface area contributed by atoms with Gasteiger partial charge in [-0.25, -0.2) is 4.98 Å². The molecule has 1 aromatic heterocycles. The molecule has 0 radical (unpaired) electrons. The molecule has 2 rings (SSSR count). The Labute approximate surface area is 114 Å². The molecule has 1 aliphatic carbocycles. The van der Waals surface area contributed by atoms with Gasteiger partial charge in [-0.15, -0.1) is 0 Å². The number of pyridine rings is 1. The van der Waals surface area contributed by atoms with Crippen LogP contribution in [0.15, 0.2) is 6.07 Å². The van der Waals surface area contributed by atoms with E-state index in [-0.39, 0.29) is 0 Å². The molecule has 0 fully saturated rings. The number of aromatic nitrogens is 1. The van der Waals surface area contributed by atoms with Crippen molar-refractivity contribution in [2.45, 2.75) is 39.5 Å². The predicted octanol–water partition coefficient (Wildman–Crippen LogP) is 2.66. The van der Waals surface area contributed by atoms with E-state index < -0.39 is 0 Å². The summed E-state index contributed by atoms with van der Waals surface area (Å²) < 4.78 is 0. The molecule has 3 nitrogen and oxygen atoms in total. The van der Waals surface area contributed by atoms with E-state index in [4.69, 9.17) is 22.9 Å². The Balaban J connectivity index is 2.33. The maximum Gasteiger partial charge on any atom is 0.136 e. The Morgan fingerprint density at radius 2 is 2.17 bits per heavy atom. The molecule has 1 aliphatic rings. The summed E-state index contributed by atoms with van der Waals surface area (Å²) in [4.78, 5) is 5.16. The third kappa shape index (κ3) is 2.99. The smallest absolute Gasteiger partial charge is 0.136 e. The molecule has 0 saturated carbocycles. The van der Waals surface area contributed by atoms with Crippen LogP contribution in [0.5, 0.6) is 0 Å². The zero-order valence-electron chi connectivity index (χ0n) is 11.1. The molecule has 4 heteroatoms. The second kappa shape index (κ2) is 5.65. The number of hydrogen-bond donors (Lipinski definition) is 2. The summed E-state index contributed by atoms with van der Waals surface area (Å²) in [7, 11) is 0. The van der Waals surface area contributed by atoms with Gasteiger partial charge in [0, 0.05) is 12.2 Å². The second-order valence-corrected chi connectivity index (χ2v) is 5.78. The molecule has 0 aromatic carbocycles. The van der Waals surface area contributed by atoms with Gasteiger partial charge in [-0.1, -0.05) is 26.1 Å². The van der Waals surface area contributed by atoms with E-state index in [9.17, 15) is 0 Å². The zero-order valence-corrected chi connectivity index (χ0v) is 11.9. The molecule has 3 N–H and O–H groups in total. The van der Waals surface area contributed by atoms with Crippen LogP contribution >= 0.6 is 12.2 Å². The van der Waals surface area contributed by atoms with E-state index in [0.717, 1.165) is 30.8 Å². The highest BCUT2D eigenvalue weighted by atomic mass is 32.1. The maximum atomic E-state index is 5.81. The van der Waals surface area contributed by atoms with Crippen molar-refractivity contribution in [1.82, 2.24) is 4.98 Å². The fraction of sp³-hybridized carbons (Fsp3) is 0.571. The molecular formula is C14H21N3S. The fourth-order valence-corrected chi connectivity index (χ4v) is 2.41. The van der Waals surface area contributed by atoms with Crippen molar-refractivity contribution in [2.24, 2.45) is 11.7 Å². The SMILES string of the molecule is CC(C)CNc1nc2c(cc1C(N)=S)CCCC2. The molecule has 0 bridgehead atoms. The first-order valence-electron chi connectivity index (χ1n) is 6.64. The van der Waals surface area contributed by atoms with Crippen LogP contribution in [0, 0.1) is 5.92 Å². The van der Waals surface area contributed by atoms with Crippen molar-refractivity contribution in [3.63, 3.8) is 0 Å². The lowest BCUT2D eigenvalue weighted by molar-refractivity contribution is 0.663. The summed E-state index contributed by atoms with van der Waals surface area (Å²) in [6.07, 6.45) is 4.64. The van der Waals surface area contributed by atoms with Crippen LogP contribution in [-0.4, -0.2) is 16.5 Å². The van der Waals surface area contributed by atoms with Crippen LogP contribution in [0.25, 0.3) is 0 Å². The average Bonchev–Trinajstić information content (AvgIpc) is 2.35. The number of hydrogen-bond acceptors (Lipinski definition) is 3. The normalized spacial score (nSPS) is 14.4. The molecule has 0 atom stereocenters. The Kier molecular flexibility index (Phi) is 4.17. The third-order valence-electron chi connectivity index (χ3n) is 3.24. The van der Waals surface area contributed by atoms with Crippen molar-refractivity contribution in [3.05, 3.63) is 22.9 Å². The van der Waals surface area contributed by atoms with Gasteiger partial charge < -0.3 is 11.1 Å². The highest BCUT2D eigenvalue weighted by molar-refractivity contribution is 7.80. The lowest BCUT2D eigenvalue weighted by Crippen LogP contribution is -2.19. The number of nitrogens with one attached hydrogen (secondary N) is 1. The van der Waals surface area contributed by atoms with E-state index in [0.29, 0.717) is 10.9 Å². The molecule has 0 aliphatic heterocycles. The Bertz CT molecular complexity index is 455. The van der Waals surface area contributed by atoms with Crippen LogP contribution < -0.4 is 11.1 Å². The van der Waals surface area contributed by atoms with Gasteiger partial charge in [0.05, 0.1) is 5.56 Å². The quantitative estimate of drug-likeness (QED) is 0.820. The maximum absolute atomic E-state index is 5.81. The molecule has 0 amide bonds. The first-order chi connectivity index (χ1) is 8.58.